The number of rotatable bonds is 3. The predicted molar refractivity (Wildman–Crippen MR) is 36.3 cm³/mol. The highest BCUT2D eigenvalue weighted by molar-refractivity contribution is 5.89. The summed E-state index contributed by atoms with van der Waals surface area (Å²) in [5.41, 5.74) is 0. The molecular formula is C7H12O2. The van der Waals surface area contributed by atoms with Crippen LogP contribution < -0.4 is 0 Å². The summed E-state index contributed by atoms with van der Waals surface area (Å²) in [5, 5.41) is 9.12. The fraction of sp³-hybridized carbons (Fsp3) is 0.571. The first kappa shape index (κ1) is 2.86. The highest BCUT2D eigenvalue weighted by Gasteiger charge is 1.93. The summed E-state index contributed by atoms with van der Waals surface area (Å²) in [7, 11) is 0. The third-order valence-corrected chi connectivity index (χ3v) is 0.696. The number of hydrogen-bond acceptors (Lipinski definition) is 2. The van der Waals surface area contributed by atoms with Crippen molar-refractivity contribution in [2.75, 3.05) is 0 Å². The van der Waals surface area contributed by atoms with Crippen molar-refractivity contribution < 1.29 is 16.8 Å². The van der Waals surface area contributed by atoms with Crippen molar-refractivity contribution in [3.63, 3.8) is 0 Å². The van der Waals surface area contributed by atoms with Crippen LogP contribution in [0.15, 0.2) is 11.8 Å². The molecule has 9 heavy (non-hydrogen) atoms. The average molecular weight is 133 g/mol. The second kappa shape index (κ2) is 4.13. The molecule has 0 rings (SSSR count). The molecule has 0 heterocycles. The van der Waals surface area contributed by atoms with E-state index >= 15 is 0 Å². The van der Waals surface area contributed by atoms with Gasteiger partial charge < -0.3 is 5.11 Å². The van der Waals surface area contributed by atoms with Gasteiger partial charge in [-0.25, -0.2) is 0 Å². The Morgan fingerprint density at radius 3 is 2.67 bits per heavy atom. The van der Waals surface area contributed by atoms with Crippen LogP contribution in [-0.4, -0.2) is 10.9 Å². The Bertz CT molecular complexity index is 271. The summed E-state index contributed by atoms with van der Waals surface area (Å²) in [6, 6.07) is -1.02. The Morgan fingerprint density at radius 2 is 2.33 bits per heavy atom. The number of allylic oxidation sites excluding steroid dienone is 2. The minimum absolute atomic E-state index is 0.947. The van der Waals surface area contributed by atoms with Crippen molar-refractivity contribution in [1.29, 1.82) is 0 Å². The van der Waals surface area contributed by atoms with Gasteiger partial charge in [0.15, 0.2) is 5.78 Å². The summed E-state index contributed by atoms with van der Waals surface area (Å²) >= 11 is 0. The molecule has 0 aliphatic heterocycles. The maximum Gasteiger partial charge on any atom is 0.158 e. The van der Waals surface area contributed by atoms with Gasteiger partial charge in [0.1, 0.15) is 0 Å². The summed E-state index contributed by atoms with van der Waals surface area (Å²) in [4.78, 5) is 11.1. The molecule has 0 amide bonds. The standard InChI is InChI=1S/C7H12O2/c1-3-6(8)5-7(9)4-2/h5,8H,3-4H2,1-2H3/i3D2,4D2,5D. The maximum atomic E-state index is 11.1. The molecule has 0 saturated heterocycles. The van der Waals surface area contributed by atoms with E-state index in [-0.39, 0.29) is 0 Å². The van der Waals surface area contributed by atoms with Crippen molar-refractivity contribution >= 4 is 5.78 Å². The third-order valence-electron chi connectivity index (χ3n) is 0.696. The zero-order valence-corrected chi connectivity index (χ0v) is 5.36. The van der Waals surface area contributed by atoms with Gasteiger partial charge in [-0.2, -0.15) is 0 Å². The van der Waals surface area contributed by atoms with E-state index in [4.69, 9.17) is 12.0 Å². The molecule has 0 spiro atoms. The summed E-state index contributed by atoms with van der Waals surface area (Å²) in [6.45, 7) is 1.93. The van der Waals surface area contributed by atoms with E-state index in [1.807, 2.05) is 0 Å². The molecule has 0 aliphatic rings. The number of carbonyl (C=O) groups is 1. The van der Waals surface area contributed by atoms with Crippen LogP contribution >= 0.6 is 0 Å². The van der Waals surface area contributed by atoms with Crippen LogP contribution in [0, 0.1) is 0 Å². The molecule has 0 radical (unpaired) electrons. The Balaban J connectivity index is 5.14. The molecule has 0 bridgehead atoms. The van der Waals surface area contributed by atoms with Gasteiger partial charge in [-0.1, -0.05) is 13.8 Å². The van der Waals surface area contributed by atoms with Gasteiger partial charge in [0.2, 0.25) is 0 Å². The number of aliphatic hydroxyl groups is 1. The van der Waals surface area contributed by atoms with E-state index in [0.29, 0.717) is 0 Å². The lowest BCUT2D eigenvalue weighted by Gasteiger charge is -1.90. The molecule has 1 N–H and O–H groups in total. The molecule has 0 aromatic rings. The second-order valence-corrected chi connectivity index (χ2v) is 1.30. The number of hydrogen-bond donors (Lipinski definition) is 1. The molecule has 52 valence electrons. The molecule has 0 unspecified atom stereocenters. The van der Waals surface area contributed by atoms with Crippen LogP contribution in [0.5, 0.6) is 0 Å². The molecule has 2 heteroatoms. The van der Waals surface area contributed by atoms with Crippen LogP contribution in [-0.2, 0) is 4.79 Å². The molecule has 0 aromatic carbocycles. The molecule has 0 saturated carbocycles. The number of carbonyl (C=O) groups excluding carboxylic acids is 1. The zero-order chi connectivity index (χ0) is 11.7. The summed E-state index contributed by atoms with van der Waals surface area (Å²) in [5.74, 6) is -2.28. The monoisotopic (exact) mass is 133 g/mol. The lowest BCUT2D eigenvalue weighted by Crippen LogP contribution is -1.90. The van der Waals surface area contributed by atoms with Crippen LogP contribution in [0.3, 0.4) is 0 Å². The highest BCUT2D eigenvalue weighted by Crippen LogP contribution is 1.95. The Kier molecular flexibility index (Phi) is 1.31. The van der Waals surface area contributed by atoms with Crippen LogP contribution in [0.2, 0.25) is 0 Å². The first-order valence-electron chi connectivity index (χ1n) is 4.93. The molecule has 2 nitrogen and oxygen atoms in total. The van der Waals surface area contributed by atoms with Crippen molar-refractivity contribution in [1.82, 2.24) is 0 Å². The van der Waals surface area contributed by atoms with Crippen molar-refractivity contribution in [2.45, 2.75) is 26.6 Å². The van der Waals surface area contributed by atoms with Crippen LogP contribution in [0.1, 0.15) is 33.4 Å². The lowest BCUT2D eigenvalue weighted by atomic mass is 10.2. The smallest absolute Gasteiger partial charge is 0.158 e. The molecule has 0 aromatic heterocycles. The van der Waals surface area contributed by atoms with Gasteiger partial charge in [-0.15, -0.1) is 0 Å². The van der Waals surface area contributed by atoms with Crippen LogP contribution in [0.25, 0.3) is 0 Å². The van der Waals surface area contributed by atoms with Crippen molar-refractivity contribution in [3.05, 3.63) is 11.8 Å². The molecular weight excluding hydrogens is 116 g/mol. The number of aliphatic hydroxyl groups excluding tert-OH is 1. The van der Waals surface area contributed by atoms with Crippen molar-refractivity contribution in [3.8, 4) is 0 Å². The minimum Gasteiger partial charge on any atom is -0.512 e. The van der Waals surface area contributed by atoms with E-state index in [9.17, 15) is 4.79 Å². The Morgan fingerprint density at radius 1 is 1.78 bits per heavy atom. The molecule has 0 atom stereocenters. The number of ketones is 1. The normalized spacial score (nSPS) is 24.0. The Hall–Kier alpha value is -0.790. The van der Waals surface area contributed by atoms with Gasteiger partial charge in [-0.05, 0) is 0 Å². The highest BCUT2D eigenvalue weighted by atomic mass is 16.3. The van der Waals surface area contributed by atoms with E-state index in [1.54, 1.807) is 0 Å². The fourth-order valence-corrected chi connectivity index (χ4v) is 0.233. The average Bonchev–Trinajstić information content (AvgIpc) is 1.97. The molecule has 0 fully saturated rings. The van der Waals surface area contributed by atoms with Gasteiger partial charge in [0, 0.05) is 24.3 Å². The second-order valence-electron chi connectivity index (χ2n) is 1.30. The third kappa shape index (κ3) is 3.76. The van der Waals surface area contributed by atoms with E-state index < -0.39 is 30.3 Å². The van der Waals surface area contributed by atoms with E-state index in [2.05, 4.69) is 0 Å². The van der Waals surface area contributed by atoms with Gasteiger partial charge in [0.25, 0.3) is 0 Å². The molecule has 0 aliphatic carbocycles. The van der Waals surface area contributed by atoms with Gasteiger partial charge in [-0.3, -0.25) is 4.79 Å². The predicted octanol–water partition coefficient (Wildman–Crippen LogP) is 1.82. The Labute approximate surface area is 62.2 Å². The first-order chi connectivity index (χ1) is 5.98. The van der Waals surface area contributed by atoms with Crippen LogP contribution in [0.4, 0.5) is 0 Å². The lowest BCUT2D eigenvalue weighted by molar-refractivity contribution is -0.114. The van der Waals surface area contributed by atoms with E-state index in [0.717, 1.165) is 13.8 Å². The quantitative estimate of drug-likeness (QED) is 0.471. The fourth-order valence-electron chi connectivity index (χ4n) is 0.233. The summed E-state index contributed by atoms with van der Waals surface area (Å²) < 4.78 is 35.1. The summed E-state index contributed by atoms with van der Waals surface area (Å²) in [6.07, 6.45) is -4.49. The van der Waals surface area contributed by atoms with Gasteiger partial charge >= 0.3 is 0 Å². The van der Waals surface area contributed by atoms with Crippen molar-refractivity contribution in [2.24, 2.45) is 0 Å². The maximum absolute atomic E-state index is 11.1. The zero-order valence-electron chi connectivity index (χ0n) is 10.4. The largest absolute Gasteiger partial charge is 0.512 e. The first-order valence-corrected chi connectivity index (χ1v) is 2.43. The van der Waals surface area contributed by atoms with Gasteiger partial charge in [0.05, 0.1) is 7.13 Å². The minimum atomic E-state index is -2.28. The topological polar surface area (TPSA) is 37.3 Å². The van der Waals surface area contributed by atoms with E-state index in [1.165, 1.54) is 0 Å². The SMILES string of the molecule is [2H]C(C(=O)C([2H])([2H])C)=C(O)C([2H])([2H])C.